The van der Waals surface area contributed by atoms with Crippen LogP contribution in [0.1, 0.15) is 100 Å². The van der Waals surface area contributed by atoms with Gasteiger partial charge in [0.25, 0.3) is 10.1 Å². The monoisotopic (exact) mass is 1780 g/mol. The summed E-state index contributed by atoms with van der Waals surface area (Å²) >= 11 is 0. The van der Waals surface area contributed by atoms with Gasteiger partial charge in [-0.3, -0.25) is 4.18 Å². The van der Waals surface area contributed by atoms with Gasteiger partial charge in [0.15, 0.2) is 0 Å². The zero-order valence-electron chi connectivity index (χ0n) is 75.1. The van der Waals surface area contributed by atoms with Crippen molar-refractivity contribution in [1.82, 2.24) is 0 Å². The summed E-state index contributed by atoms with van der Waals surface area (Å²) in [5, 5.41) is 9.35. The molecule has 0 atom stereocenters. The molecule has 18 aromatic carbocycles. The Hall–Kier alpha value is -14.4. The fraction of sp³-hybridized carbons (Fsp3) is 0.122. The quantitative estimate of drug-likeness (QED) is 0.0231. The molecule has 0 unspecified atom stereocenters. The predicted molar refractivity (Wildman–Crippen MR) is 539 cm³/mol. The van der Waals surface area contributed by atoms with Crippen LogP contribution in [-0.2, 0) is 76.3 Å². The van der Waals surface area contributed by atoms with Crippen molar-refractivity contribution >= 4 is 10.1 Å². The Kier molecular flexibility index (Phi) is 33.1. The second-order valence-electron chi connectivity index (χ2n) is 32.0. The van der Waals surface area contributed by atoms with E-state index in [1.165, 1.54) is 0 Å². The van der Waals surface area contributed by atoms with Crippen molar-refractivity contribution in [3.63, 3.8) is 0 Å². The first-order valence-electron chi connectivity index (χ1n) is 45.4. The van der Waals surface area contributed by atoms with Gasteiger partial charge in [0, 0.05) is 0 Å². The SMILES string of the molecule is CS(=O)(=O)OCCOC(c1ccccc1)(c1ccccc1)c1ccccc1.OCCOC(c1ccccc1)(c1ccccc1)c1ccccc1.c1ccc(C(OCCOC(c2ccccc2)(c2ccccc2)c2ccccc2)(c2ccccc2)c2ccccc2)cc1.c1ccc(C(OCCOC(c2ccccc2)(c2ccccc2)c2ccccc2)(c2ccccc2)c2ccccc2)cc1. The first-order chi connectivity index (χ1) is 66.1. The molecule has 0 heterocycles. The predicted octanol–water partition coefficient (Wildman–Crippen LogP) is 26.0. The van der Waals surface area contributed by atoms with E-state index in [9.17, 15) is 13.5 Å². The van der Waals surface area contributed by atoms with Crippen molar-refractivity contribution in [2.45, 2.75) is 33.6 Å². The summed E-state index contributed by atoms with van der Waals surface area (Å²) in [5.41, 5.74) is 14.1. The number of hydrogen-bond acceptors (Lipinski definition) is 10. The Morgan fingerprint density at radius 3 is 0.336 bits per heavy atom. The molecule has 0 spiro atoms. The number of aliphatic hydroxyl groups is 1. The van der Waals surface area contributed by atoms with Gasteiger partial charge in [-0.25, -0.2) is 0 Å². The van der Waals surface area contributed by atoms with Crippen LogP contribution in [-0.4, -0.2) is 72.6 Å². The van der Waals surface area contributed by atoms with Crippen molar-refractivity contribution in [2.75, 3.05) is 59.1 Å². The van der Waals surface area contributed by atoms with Gasteiger partial charge in [-0.05, 0) is 100 Å². The molecule has 668 valence electrons. The summed E-state index contributed by atoms with van der Waals surface area (Å²) in [7, 11) is -3.52. The van der Waals surface area contributed by atoms with E-state index in [4.69, 9.17) is 32.6 Å². The van der Waals surface area contributed by atoms with Crippen LogP contribution in [0, 0.1) is 0 Å². The van der Waals surface area contributed by atoms with Gasteiger partial charge in [-0.2, -0.15) is 8.42 Å². The zero-order valence-corrected chi connectivity index (χ0v) is 76.0. The van der Waals surface area contributed by atoms with Gasteiger partial charge < -0.3 is 33.5 Å². The Labute approximate surface area is 789 Å². The Morgan fingerprint density at radius 2 is 0.246 bits per heavy atom. The normalized spacial score (nSPS) is 11.7. The third kappa shape index (κ3) is 22.0. The van der Waals surface area contributed by atoms with E-state index in [0.29, 0.717) is 26.4 Å². The maximum absolute atomic E-state index is 11.3. The molecule has 18 aromatic rings. The van der Waals surface area contributed by atoms with Crippen molar-refractivity contribution in [3.05, 3.63) is 646 Å². The third-order valence-electron chi connectivity index (χ3n) is 23.8. The average Bonchev–Trinajstić information content (AvgIpc) is 0.761. The third-order valence-corrected chi connectivity index (χ3v) is 24.4. The van der Waals surface area contributed by atoms with E-state index < -0.39 is 43.7 Å². The van der Waals surface area contributed by atoms with Crippen LogP contribution in [0.25, 0.3) is 0 Å². The first kappa shape index (κ1) is 94.2. The van der Waals surface area contributed by atoms with E-state index in [0.717, 1.165) is 106 Å². The second-order valence-corrected chi connectivity index (χ2v) is 33.7. The van der Waals surface area contributed by atoms with Gasteiger partial charge >= 0.3 is 0 Å². The molecule has 134 heavy (non-hydrogen) atoms. The molecule has 0 aliphatic rings. The molecule has 0 aliphatic heterocycles. The molecule has 0 saturated heterocycles. The van der Waals surface area contributed by atoms with Gasteiger partial charge in [0.1, 0.15) is 33.6 Å². The summed E-state index contributed by atoms with van der Waals surface area (Å²) in [6.07, 6.45) is 1.03. The van der Waals surface area contributed by atoms with Gasteiger partial charge in [0.05, 0.1) is 59.1 Å². The highest BCUT2D eigenvalue weighted by Gasteiger charge is 2.44. The molecule has 1 N–H and O–H groups in total. The Morgan fingerprint density at radius 1 is 0.157 bits per heavy atom. The number of ether oxygens (including phenoxy) is 6. The molecule has 0 radical (unpaired) electrons. The average molecular weight is 1780 g/mol. The minimum atomic E-state index is -3.52. The van der Waals surface area contributed by atoms with E-state index in [-0.39, 0.29) is 26.4 Å². The summed E-state index contributed by atoms with van der Waals surface area (Å²) in [4.78, 5) is 0. The topological polar surface area (TPSA) is 119 Å². The highest BCUT2D eigenvalue weighted by atomic mass is 32.2. The van der Waals surface area contributed by atoms with E-state index in [2.05, 4.69) is 328 Å². The molecular weight excluding hydrogens is 1670 g/mol. The van der Waals surface area contributed by atoms with E-state index in [1.807, 2.05) is 218 Å². The van der Waals surface area contributed by atoms with Crippen LogP contribution in [0.4, 0.5) is 0 Å². The molecule has 18 rings (SSSR count). The van der Waals surface area contributed by atoms with Gasteiger partial charge in [-0.15, -0.1) is 0 Å². The summed E-state index contributed by atoms with van der Waals surface area (Å²) in [6.45, 7) is 1.78. The van der Waals surface area contributed by atoms with Gasteiger partial charge in [-0.1, -0.05) is 546 Å². The number of rotatable bonds is 36. The van der Waals surface area contributed by atoms with Crippen LogP contribution in [0.3, 0.4) is 0 Å². The molecule has 0 amide bonds. The Balaban J connectivity index is 0.000000140. The van der Waals surface area contributed by atoms with Crippen molar-refractivity contribution in [2.24, 2.45) is 0 Å². The Bertz CT molecular complexity index is 5400. The smallest absolute Gasteiger partial charge is 0.264 e. The number of benzene rings is 18. The summed E-state index contributed by atoms with van der Waals surface area (Å²) < 4.78 is 68.4. The highest BCUT2D eigenvalue weighted by molar-refractivity contribution is 7.86. The number of hydrogen-bond donors (Lipinski definition) is 1. The molecular formula is C123H110O10S. The molecule has 11 heteroatoms. The van der Waals surface area contributed by atoms with Crippen LogP contribution >= 0.6 is 0 Å². The minimum Gasteiger partial charge on any atom is -0.394 e. The van der Waals surface area contributed by atoms with Crippen LogP contribution < -0.4 is 0 Å². The van der Waals surface area contributed by atoms with Crippen molar-refractivity contribution in [1.29, 1.82) is 0 Å². The summed E-state index contributed by atoms with van der Waals surface area (Å²) in [5.74, 6) is 0. The van der Waals surface area contributed by atoms with E-state index in [1.54, 1.807) is 0 Å². The van der Waals surface area contributed by atoms with Crippen LogP contribution in [0.15, 0.2) is 546 Å². The summed E-state index contributed by atoms with van der Waals surface area (Å²) in [6, 6.07) is 186. The molecule has 0 aromatic heterocycles. The van der Waals surface area contributed by atoms with E-state index >= 15 is 0 Å². The fourth-order valence-corrected chi connectivity index (χ4v) is 18.3. The van der Waals surface area contributed by atoms with Crippen molar-refractivity contribution < 1.29 is 46.1 Å². The second kappa shape index (κ2) is 47.1. The highest BCUT2D eigenvalue weighted by Crippen LogP contribution is 2.48. The molecule has 0 fully saturated rings. The van der Waals surface area contributed by atoms with Crippen LogP contribution in [0.2, 0.25) is 0 Å². The largest absolute Gasteiger partial charge is 0.394 e. The maximum atomic E-state index is 11.3. The molecule has 0 saturated carbocycles. The lowest BCUT2D eigenvalue weighted by molar-refractivity contribution is -0.0593. The van der Waals surface area contributed by atoms with Crippen LogP contribution in [0.5, 0.6) is 0 Å². The zero-order chi connectivity index (χ0) is 92.1. The number of aliphatic hydroxyl groups excluding tert-OH is 1. The molecule has 0 bridgehead atoms. The van der Waals surface area contributed by atoms with Gasteiger partial charge in [0.2, 0.25) is 0 Å². The minimum absolute atomic E-state index is 0.0196. The lowest BCUT2D eigenvalue weighted by Crippen LogP contribution is -2.37. The fourth-order valence-electron chi connectivity index (χ4n) is 18.0. The standard InChI is InChI=1S/2C40H34O2.C22H22O4S.C21H20O2/c2*1-7-19-33(20-8-1)39(34-21-9-2-10-22-34,35-23-11-3-12-24-35)41-31-32-42-40(36-25-13-4-14-26-36,37-27-15-5-16-28-37)38-29-17-6-18-30-38;1-27(23,24)26-18-17-25-22(19-11-5-2-6-12-19,20-13-7-3-8-14-20)21-15-9-4-10-16-21;22-16-17-23-21(18-10-4-1-5-11-18,19-12-6-2-7-13-19)20-14-8-3-9-15-20/h2*1-30H,31-32H2;2-16H,17-18H2,1H3;1-15,22H,16-17H2. The maximum Gasteiger partial charge on any atom is 0.264 e. The van der Waals surface area contributed by atoms with Crippen molar-refractivity contribution in [3.8, 4) is 0 Å². The lowest BCUT2D eigenvalue weighted by Gasteiger charge is -2.38. The lowest BCUT2D eigenvalue weighted by atomic mass is 9.80. The molecule has 10 nitrogen and oxygen atoms in total. The molecule has 0 aliphatic carbocycles. The first-order valence-corrected chi connectivity index (χ1v) is 47.2.